The van der Waals surface area contributed by atoms with Crippen LogP contribution in [0.3, 0.4) is 0 Å². The first-order valence-corrected chi connectivity index (χ1v) is 3.83. The van der Waals surface area contributed by atoms with Gasteiger partial charge in [0, 0.05) is 24.6 Å². The van der Waals surface area contributed by atoms with E-state index >= 15 is 0 Å². The summed E-state index contributed by atoms with van der Waals surface area (Å²) in [7, 11) is 0. The molecule has 10 heavy (non-hydrogen) atoms. The smallest absolute Gasteiger partial charge is 0.205 e. The second-order valence-corrected chi connectivity index (χ2v) is 3.04. The second-order valence-electron chi connectivity index (χ2n) is 2.28. The largest absolute Gasteiger partial charge is 0.389 e. The first kappa shape index (κ1) is 6.06. The number of anilines is 1. The Kier molecular flexibility index (Phi) is 1.32. The van der Waals surface area contributed by atoms with Gasteiger partial charge in [-0.1, -0.05) is 0 Å². The minimum atomic E-state index is -0.163. The lowest BCUT2D eigenvalue weighted by Crippen LogP contribution is -2.50. The molecule has 2 rings (SSSR count). The van der Waals surface area contributed by atoms with Crippen LogP contribution < -0.4 is 4.90 Å². The van der Waals surface area contributed by atoms with Crippen LogP contribution in [0.2, 0.25) is 0 Å². The van der Waals surface area contributed by atoms with Crippen molar-refractivity contribution < 1.29 is 5.11 Å². The van der Waals surface area contributed by atoms with E-state index in [0.29, 0.717) is 13.1 Å². The van der Waals surface area contributed by atoms with E-state index in [1.807, 2.05) is 4.90 Å². The Bertz CT molecular complexity index is 207. The summed E-state index contributed by atoms with van der Waals surface area (Å²) >= 11 is 1.36. The van der Waals surface area contributed by atoms with Gasteiger partial charge in [-0.3, -0.25) is 0 Å². The minimum absolute atomic E-state index is 0.163. The van der Waals surface area contributed by atoms with Gasteiger partial charge in [0.2, 0.25) is 5.13 Å². The van der Waals surface area contributed by atoms with Gasteiger partial charge in [-0.25, -0.2) is 4.98 Å². The third-order valence-electron chi connectivity index (χ3n) is 1.48. The first-order valence-electron chi connectivity index (χ1n) is 3.06. The fourth-order valence-corrected chi connectivity index (χ4v) is 1.47. The summed E-state index contributed by atoms with van der Waals surface area (Å²) in [5, 5.41) is 9.84. The van der Waals surface area contributed by atoms with Crippen LogP contribution in [0.5, 0.6) is 0 Å². The Morgan fingerprint density at radius 2 is 2.50 bits per heavy atom. The molecule has 0 amide bonds. The van der Waals surface area contributed by atoms with Crippen LogP contribution in [0.1, 0.15) is 0 Å². The maximum absolute atomic E-state index is 8.93. The zero-order valence-corrected chi connectivity index (χ0v) is 6.08. The second kappa shape index (κ2) is 2.17. The maximum Gasteiger partial charge on any atom is 0.205 e. The lowest BCUT2D eigenvalue weighted by Gasteiger charge is -2.34. The molecule has 1 saturated heterocycles. The number of rotatable bonds is 1. The van der Waals surface area contributed by atoms with Crippen molar-refractivity contribution in [2.24, 2.45) is 0 Å². The van der Waals surface area contributed by atoms with Gasteiger partial charge in [-0.15, -0.1) is 0 Å². The quantitative estimate of drug-likeness (QED) is 0.609. The summed E-state index contributed by atoms with van der Waals surface area (Å²) in [5.41, 5.74) is 0. The molecule has 1 aromatic heterocycles. The van der Waals surface area contributed by atoms with Crippen molar-refractivity contribution in [1.29, 1.82) is 0 Å². The first-order chi connectivity index (χ1) is 4.86. The molecule has 0 atom stereocenters. The zero-order chi connectivity index (χ0) is 6.97. The molecule has 1 aliphatic rings. The Morgan fingerprint density at radius 1 is 1.70 bits per heavy atom. The van der Waals surface area contributed by atoms with E-state index in [-0.39, 0.29) is 6.10 Å². The van der Waals surface area contributed by atoms with Crippen LogP contribution in [0.25, 0.3) is 0 Å². The number of aliphatic hydroxyl groups excluding tert-OH is 1. The van der Waals surface area contributed by atoms with Crippen LogP contribution in [0.4, 0.5) is 5.13 Å². The van der Waals surface area contributed by atoms with Crippen molar-refractivity contribution in [2.45, 2.75) is 6.10 Å². The number of nitrogens with zero attached hydrogens (tertiary/aromatic N) is 3. The monoisotopic (exact) mass is 157 g/mol. The molecular formula is C5H7N3OS. The molecule has 1 N–H and O–H groups in total. The Morgan fingerprint density at radius 3 is 3.00 bits per heavy atom. The molecule has 0 bridgehead atoms. The predicted octanol–water partition coefficient (Wildman–Crippen LogP) is -0.281. The topological polar surface area (TPSA) is 49.2 Å². The highest BCUT2D eigenvalue weighted by Crippen LogP contribution is 2.20. The molecule has 0 aromatic carbocycles. The van der Waals surface area contributed by atoms with Crippen molar-refractivity contribution in [3.05, 3.63) is 6.33 Å². The molecule has 5 heteroatoms. The van der Waals surface area contributed by atoms with Gasteiger partial charge in [-0.2, -0.15) is 4.37 Å². The van der Waals surface area contributed by atoms with Gasteiger partial charge in [-0.05, 0) is 0 Å². The third-order valence-corrected chi connectivity index (χ3v) is 2.21. The van der Waals surface area contributed by atoms with Crippen molar-refractivity contribution >= 4 is 16.7 Å². The number of β-amino-alcohol motifs (C(OH)–C–C–N with tert-alkyl or cyclic N) is 1. The standard InChI is InChI=1S/C5H7N3OS/c9-4-1-8(2-4)5-6-3-7-10-5/h3-4,9H,1-2H2. The molecule has 1 aromatic rings. The maximum atomic E-state index is 8.93. The highest BCUT2D eigenvalue weighted by atomic mass is 32.1. The van der Waals surface area contributed by atoms with E-state index in [1.54, 1.807) is 0 Å². The summed E-state index contributed by atoms with van der Waals surface area (Å²) in [6.45, 7) is 1.41. The fourth-order valence-electron chi connectivity index (χ4n) is 0.918. The average Bonchev–Trinajstić information content (AvgIpc) is 2.31. The average molecular weight is 157 g/mol. The Hall–Kier alpha value is -0.680. The van der Waals surface area contributed by atoms with Crippen LogP contribution in [0.15, 0.2) is 6.33 Å². The Labute approximate surface area is 62.3 Å². The normalized spacial score (nSPS) is 19.1. The van der Waals surface area contributed by atoms with E-state index in [2.05, 4.69) is 9.36 Å². The van der Waals surface area contributed by atoms with Crippen LogP contribution in [0, 0.1) is 0 Å². The molecule has 0 radical (unpaired) electrons. The van der Waals surface area contributed by atoms with Crippen LogP contribution in [-0.2, 0) is 0 Å². The molecule has 54 valence electrons. The molecule has 0 saturated carbocycles. The van der Waals surface area contributed by atoms with Gasteiger partial charge in [0.05, 0.1) is 6.10 Å². The van der Waals surface area contributed by atoms with Crippen molar-refractivity contribution in [2.75, 3.05) is 18.0 Å². The van der Waals surface area contributed by atoms with Gasteiger partial charge < -0.3 is 10.0 Å². The summed E-state index contributed by atoms with van der Waals surface area (Å²) in [4.78, 5) is 6.00. The minimum Gasteiger partial charge on any atom is -0.389 e. The highest BCUT2D eigenvalue weighted by Gasteiger charge is 2.26. The van der Waals surface area contributed by atoms with Crippen LogP contribution in [-0.4, -0.2) is 33.7 Å². The van der Waals surface area contributed by atoms with Gasteiger partial charge in [0.1, 0.15) is 6.33 Å². The SMILES string of the molecule is OC1CN(c2ncns2)C1. The molecule has 4 nitrogen and oxygen atoms in total. The van der Waals surface area contributed by atoms with Crippen LogP contribution >= 0.6 is 11.5 Å². The molecule has 0 unspecified atom stereocenters. The summed E-state index contributed by atoms with van der Waals surface area (Å²) in [6.07, 6.45) is 1.37. The summed E-state index contributed by atoms with van der Waals surface area (Å²) in [6, 6.07) is 0. The Balaban J connectivity index is 2.04. The summed E-state index contributed by atoms with van der Waals surface area (Å²) in [5.74, 6) is 0. The molecule has 2 heterocycles. The predicted molar refractivity (Wildman–Crippen MR) is 38.1 cm³/mol. The van der Waals surface area contributed by atoms with Crippen molar-refractivity contribution in [3.63, 3.8) is 0 Å². The molecule has 0 aliphatic carbocycles. The van der Waals surface area contributed by atoms with Crippen molar-refractivity contribution in [3.8, 4) is 0 Å². The van der Waals surface area contributed by atoms with Gasteiger partial charge in [0.25, 0.3) is 0 Å². The highest BCUT2D eigenvalue weighted by molar-refractivity contribution is 7.09. The number of hydrogen-bond donors (Lipinski definition) is 1. The molecular weight excluding hydrogens is 150 g/mol. The number of aromatic nitrogens is 2. The van der Waals surface area contributed by atoms with E-state index in [4.69, 9.17) is 5.11 Å². The van der Waals surface area contributed by atoms with E-state index in [1.165, 1.54) is 17.9 Å². The van der Waals surface area contributed by atoms with E-state index in [0.717, 1.165) is 5.13 Å². The van der Waals surface area contributed by atoms with Crippen molar-refractivity contribution in [1.82, 2.24) is 9.36 Å². The lowest BCUT2D eigenvalue weighted by molar-refractivity contribution is 0.142. The molecule has 1 fully saturated rings. The van der Waals surface area contributed by atoms with Gasteiger partial charge in [0.15, 0.2) is 0 Å². The van der Waals surface area contributed by atoms with Gasteiger partial charge >= 0.3 is 0 Å². The fraction of sp³-hybridized carbons (Fsp3) is 0.600. The molecule has 1 aliphatic heterocycles. The molecule has 0 spiro atoms. The zero-order valence-electron chi connectivity index (χ0n) is 5.27. The third kappa shape index (κ3) is 0.871. The number of hydrogen-bond acceptors (Lipinski definition) is 5. The lowest BCUT2D eigenvalue weighted by atomic mass is 10.2. The van der Waals surface area contributed by atoms with E-state index in [9.17, 15) is 0 Å². The van der Waals surface area contributed by atoms with E-state index < -0.39 is 0 Å². The number of aliphatic hydroxyl groups is 1. The summed E-state index contributed by atoms with van der Waals surface area (Å²) < 4.78 is 3.86.